The number of carbonyl (C=O) groups is 1. The van der Waals surface area contributed by atoms with Gasteiger partial charge in [-0.25, -0.2) is 13.4 Å². The first-order chi connectivity index (χ1) is 6.02. The molecule has 0 saturated carbocycles. The summed E-state index contributed by atoms with van der Waals surface area (Å²) in [5.74, 6) is -2.31. The maximum absolute atomic E-state index is 11.2. The van der Waals surface area contributed by atoms with Crippen molar-refractivity contribution in [1.29, 1.82) is 0 Å². The molecular weight excluding hydrogens is 194 g/mol. The van der Waals surface area contributed by atoms with E-state index in [0.717, 1.165) is 0 Å². The highest BCUT2D eigenvalue weighted by Gasteiger charge is 2.19. The molecule has 70 valence electrons. The van der Waals surface area contributed by atoms with Gasteiger partial charge in [0.1, 0.15) is 0 Å². The summed E-state index contributed by atoms with van der Waals surface area (Å²) in [4.78, 5) is 13.7. The molecule has 0 fully saturated rings. The molecule has 0 atom stereocenters. The topological polar surface area (TPSA) is 84.3 Å². The van der Waals surface area contributed by atoms with E-state index in [-0.39, 0.29) is 5.03 Å². The molecule has 0 radical (unpaired) electrons. The fourth-order valence-electron chi connectivity index (χ4n) is 0.768. The van der Waals surface area contributed by atoms with Crippen LogP contribution in [0.2, 0.25) is 0 Å². The molecular formula is C7H7NO4S. The van der Waals surface area contributed by atoms with Gasteiger partial charge in [0.25, 0.3) is 0 Å². The average Bonchev–Trinajstić information content (AvgIpc) is 2.04. The second kappa shape index (κ2) is 3.53. The number of pyridine rings is 1. The highest BCUT2D eigenvalue weighted by molar-refractivity contribution is 7.92. The Morgan fingerprint density at radius 1 is 1.46 bits per heavy atom. The van der Waals surface area contributed by atoms with Crippen molar-refractivity contribution in [2.24, 2.45) is 0 Å². The molecule has 5 nitrogen and oxygen atoms in total. The summed E-state index contributed by atoms with van der Waals surface area (Å²) < 4.78 is 22.4. The van der Waals surface area contributed by atoms with Crippen LogP contribution in [0.3, 0.4) is 0 Å². The Balaban J connectivity index is 3.02. The first-order valence-electron chi connectivity index (χ1n) is 3.38. The van der Waals surface area contributed by atoms with Crippen LogP contribution in [-0.2, 0) is 14.6 Å². The van der Waals surface area contributed by atoms with Crippen molar-refractivity contribution >= 4 is 15.8 Å². The van der Waals surface area contributed by atoms with Crippen molar-refractivity contribution in [1.82, 2.24) is 4.98 Å². The highest BCUT2D eigenvalue weighted by atomic mass is 32.2. The van der Waals surface area contributed by atoms with Crippen LogP contribution in [0.1, 0.15) is 0 Å². The molecule has 1 aromatic rings. The Kier molecular flexibility index (Phi) is 2.62. The molecule has 0 aliphatic heterocycles. The van der Waals surface area contributed by atoms with Crippen molar-refractivity contribution in [3.63, 3.8) is 0 Å². The van der Waals surface area contributed by atoms with Crippen molar-refractivity contribution in [3.05, 3.63) is 24.4 Å². The molecule has 0 aliphatic rings. The second-order valence-electron chi connectivity index (χ2n) is 2.32. The summed E-state index contributed by atoms with van der Waals surface area (Å²) in [6.07, 6.45) is 1.30. The van der Waals surface area contributed by atoms with Crippen molar-refractivity contribution in [3.8, 4) is 0 Å². The van der Waals surface area contributed by atoms with Crippen LogP contribution in [0, 0.1) is 0 Å². The van der Waals surface area contributed by atoms with Gasteiger partial charge in [-0.15, -0.1) is 0 Å². The van der Waals surface area contributed by atoms with Crippen LogP contribution >= 0.6 is 0 Å². The minimum atomic E-state index is -3.77. The fourth-order valence-corrected chi connectivity index (χ4v) is 1.75. The molecule has 6 heteroatoms. The van der Waals surface area contributed by atoms with Crippen LogP contribution in [0.4, 0.5) is 0 Å². The minimum absolute atomic E-state index is 0.211. The lowest BCUT2D eigenvalue weighted by molar-refractivity contribution is -0.134. The lowest BCUT2D eigenvalue weighted by atomic mass is 10.5. The lowest BCUT2D eigenvalue weighted by Crippen LogP contribution is -2.16. The molecule has 1 aromatic heterocycles. The van der Waals surface area contributed by atoms with Crippen LogP contribution < -0.4 is 0 Å². The summed E-state index contributed by atoms with van der Waals surface area (Å²) in [5.41, 5.74) is 0. The van der Waals surface area contributed by atoms with E-state index in [1.807, 2.05) is 0 Å². The fraction of sp³-hybridized carbons (Fsp3) is 0.143. The van der Waals surface area contributed by atoms with Crippen LogP contribution in [-0.4, -0.2) is 30.2 Å². The van der Waals surface area contributed by atoms with E-state index in [1.54, 1.807) is 6.07 Å². The van der Waals surface area contributed by atoms with Crippen LogP contribution in [0.15, 0.2) is 29.4 Å². The van der Waals surface area contributed by atoms with E-state index in [4.69, 9.17) is 5.11 Å². The van der Waals surface area contributed by atoms with E-state index in [1.165, 1.54) is 18.3 Å². The third-order valence-electron chi connectivity index (χ3n) is 1.27. The number of carboxylic acid groups (broad SMARTS) is 1. The average molecular weight is 201 g/mol. The molecule has 0 bridgehead atoms. The van der Waals surface area contributed by atoms with E-state index >= 15 is 0 Å². The van der Waals surface area contributed by atoms with Crippen molar-refractivity contribution < 1.29 is 18.3 Å². The molecule has 13 heavy (non-hydrogen) atoms. The summed E-state index contributed by atoms with van der Waals surface area (Å²) in [6, 6.07) is 4.31. The Hall–Kier alpha value is -1.43. The molecule has 1 heterocycles. The monoisotopic (exact) mass is 201 g/mol. The molecule has 0 aromatic carbocycles. The molecule has 0 saturated heterocycles. The quantitative estimate of drug-likeness (QED) is 0.740. The zero-order valence-corrected chi connectivity index (χ0v) is 7.36. The van der Waals surface area contributed by atoms with Crippen LogP contribution in [0.25, 0.3) is 0 Å². The van der Waals surface area contributed by atoms with Gasteiger partial charge >= 0.3 is 5.97 Å². The Labute approximate surface area is 75.0 Å². The normalized spacial score (nSPS) is 11.1. The number of nitrogens with zero attached hydrogens (tertiary/aromatic N) is 1. The number of carboxylic acids is 1. The predicted octanol–water partition coefficient (Wildman–Crippen LogP) is -0.0601. The van der Waals surface area contributed by atoms with Gasteiger partial charge in [0.15, 0.2) is 10.8 Å². The van der Waals surface area contributed by atoms with Crippen molar-refractivity contribution in [2.45, 2.75) is 5.03 Å². The summed E-state index contributed by atoms with van der Waals surface area (Å²) in [5, 5.41) is 8.09. The number of aromatic nitrogens is 1. The number of sulfone groups is 1. The third-order valence-corrected chi connectivity index (χ3v) is 2.78. The summed E-state index contributed by atoms with van der Waals surface area (Å²) >= 11 is 0. The zero-order chi connectivity index (χ0) is 9.90. The Bertz CT molecular complexity index is 398. The third kappa shape index (κ3) is 2.51. The maximum atomic E-state index is 11.2. The second-order valence-corrected chi connectivity index (χ2v) is 4.26. The first-order valence-corrected chi connectivity index (χ1v) is 5.03. The molecule has 1 N–H and O–H groups in total. The van der Waals surface area contributed by atoms with Gasteiger partial charge in [0.05, 0.1) is 0 Å². The first kappa shape index (κ1) is 9.66. The SMILES string of the molecule is O=C(O)CS(=O)(=O)c1ccccn1. The van der Waals surface area contributed by atoms with E-state index in [9.17, 15) is 13.2 Å². The van der Waals surface area contributed by atoms with Gasteiger partial charge < -0.3 is 5.11 Å². The van der Waals surface area contributed by atoms with E-state index in [0.29, 0.717) is 0 Å². The smallest absolute Gasteiger partial charge is 0.319 e. The number of hydrogen-bond donors (Lipinski definition) is 1. The van der Waals surface area contributed by atoms with Gasteiger partial charge in [-0.2, -0.15) is 0 Å². The molecule has 1 rings (SSSR count). The van der Waals surface area contributed by atoms with E-state index in [2.05, 4.69) is 4.98 Å². The van der Waals surface area contributed by atoms with Gasteiger partial charge in [-0.3, -0.25) is 4.79 Å². The molecule has 0 unspecified atom stereocenters. The largest absolute Gasteiger partial charge is 0.480 e. The molecule has 0 aliphatic carbocycles. The van der Waals surface area contributed by atoms with Crippen LogP contribution in [0.5, 0.6) is 0 Å². The minimum Gasteiger partial charge on any atom is -0.480 e. The van der Waals surface area contributed by atoms with Gasteiger partial charge in [-0.05, 0) is 12.1 Å². The summed E-state index contributed by atoms with van der Waals surface area (Å²) in [6.45, 7) is 0. The molecule has 0 amide bonds. The van der Waals surface area contributed by atoms with E-state index < -0.39 is 21.6 Å². The van der Waals surface area contributed by atoms with Crippen molar-refractivity contribution in [2.75, 3.05) is 5.75 Å². The van der Waals surface area contributed by atoms with Gasteiger partial charge in [0, 0.05) is 6.20 Å². The predicted molar refractivity (Wildman–Crippen MR) is 43.9 cm³/mol. The Morgan fingerprint density at radius 3 is 2.62 bits per heavy atom. The number of rotatable bonds is 3. The van der Waals surface area contributed by atoms with Gasteiger partial charge in [0.2, 0.25) is 9.84 Å². The molecule has 0 spiro atoms. The van der Waals surface area contributed by atoms with Gasteiger partial charge in [-0.1, -0.05) is 6.07 Å². The zero-order valence-electron chi connectivity index (χ0n) is 6.54. The maximum Gasteiger partial charge on any atom is 0.319 e. The lowest BCUT2D eigenvalue weighted by Gasteiger charge is -1.98. The standard InChI is InChI=1S/C7H7NO4S/c9-7(10)5-13(11,12)6-3-1-2-4-8-6/h1-4H,5H2,(H,9,10). The number of aliphatic carboxylic acids is 1. The Morgan fingerprint density at radius 2 is 2.15 bits per heavy atom. The summed E-state index contributed by atoms with van der Waals surface area (Å²) in [7, 11) is -3.77. The number of hydrogen-bond acceptors (Lipinski definition) is 4. The highest BCUT2D eigenvalue weighted by Crippen LogP contribution is 2.05.